The Kier molecular flexibility index (Phi) is 4.92. The van der Waals surface area contributed by atoms with Gasteiger partial charge in [0.2, 0.25) is 0 Å². The number of benzene rings is 1. The second-order valence-electron chi connectivity index (χ2n) is 3.72. The fraction of sp³-hybridized carbons (Fsp3) is 0.500. The molecule has 0 aliphatic heterocycles. The van der Waals surface area contributed by atoms with Gasteiger partial charge in [-0.1, -0.05) is 0 Å². The number of rotatable bonds is 6. The second kappa shape index (κ2) is 6.23. The highest BCUT2D eigenvalue weighted by Crippen LogP contribution is 2.23. The molecule has 16 heavy (non-hydrogen) atoms. The van der Waals surface area contributed by atoms with Crippen molar-refractivity contribution >= 4 is 11.4 Å². The summed E-state index contributed by atoms with van der Waals surface area (Å²) in [6.45, 7) is 5.28. The highest BCUT2D eigenvalue weighted by molar-refractivity contribution is 5.59. The van der Waals surface area contributed by atoms with Crippen LogP contribution < -0.4 is 15.8 Å². The van der Waals surface area contributed by atoms with Gasteiger partial charge in [-0.05, 0) is 19.9 Å². The third-order valence-electron chi connectivity index (χ3n) is 2.07. The van der Waals surface area contributed by atoms with Crippen molar-refractivity contribution < 1.29 is 9.47 Å². The van der Waals surface area contributed by atoms with Gasteiger partial charge in [0.1, 0.15) is 5.75 Å². The molecule has 0 saturated heterocycles. The summed E-state index contributed by atoms with van der Waals surface area (Å²) in [6, 6.07) is 5.87. The molecule has 1 aromatic carbocycles. The predicted molar refractivity (Wildman–Crippen MR) is 67.0 cm³/mol. The first-order chi connectivity index (χ1) is 7.65. The topological polar surface area (TPSA) is 56.5 Å². The van der Waals surface area contributed by atoms with Gasteiger partial charge in [-0.2, -0.15) is 0 Å². The number of methoxy groups -OCH3 is 1. The average molecular weight is 224 g/mol. The maximum Gasteiger partial charge on any atom is 0.123 e. The molecule has 4 heteroatoms. The zero-order valence-corrected chi connectivity index (χ0v) is 10.1. The highest BCUT2D eigenvalue weighted by Gasteiger charge is 2.04. The zero-order valence-electron chi connectivity index (χ0n) is 10.1. The van der Waals surface area contributed by atoms with Crippen LogP contribution >= 0.6 is 0 Å². The number of ether oxygens (including phenoxy) is 2. The van der Waals surface area contributed by atoms with Crippen LogP contribution in [-0.4, -0.2) is 26.4 Å². The van der Waals surface area contributed by atoms with Gasteiger partial charge in [-0.15, -0.1) is 0 Å². The Morgan fingerprint density at radius 2 is 2.12 bits per heavy atom. The molecule has 1 aromatic rings. The van der Waals surface area contributed by atoms with E-state index in [4.69, 9.17) is 15.2 Å². The lowest BCUT2D eigenvalue weighted by atomic mass is 10.2. The van der Waals surface area contributed by atoms with Crippen LogP contribution in [0.2, 0.25) is 0 Å². The van der Waals surface area contributed by atoms with Gasteiger partial charge >= 0.3 is 0 Å². The number of anilines is 2. The first-order valence-electron chi connectivity index (χ1n) is 5.44. The molecule has 0 saturated carbocycles. The first kappa shape index (κ1) is 12.6. The molecule has 0 heterocycles. The van der Waals surface area contributed by atoms with Gasteiger partial charge in [0, 0.05) is 36.7 Å². The van der Waals surface area contributed by atoms with Crippen LogP contribution in [-0.2, 0) is 4.74 Å². The van der Waals surface area contributed by atoms with Crippen molar-refractivity contribution in [3.05, 3.63) is 18.2 Å². The normalized spacial score (nSPS) is 12.2. The summed E-state index contributed by atoms with van der Waals surface area (Å²) in [7, 11) is 1.68. The van der Waals surface area contributed by atoms with E-state index in [1.165, 1.54) is 0 Å². The minimum Gasteiger partial charge on any atom is -0.494 e. The Morgan fingerprint density at radius 1 is 1.38 bits per heavy atom. The van der Waals surface area contributed by atoms with Crippen molar-refractivity contribution in [1.29, 1.82) is 0 Å². The Morgan fingerprint density at radius 3 is 2.75 bits per heavy atom. The largest absolute Gasteiger partial charge is 0.494 e. The van der Waals surface area contributed by atoms with E-state index in [1.807, 2.05) is 32.0 Å². The van der Waals surface area contributed by atoms with Crippen molar-refractivity contribution in [3.8, 4) is 5.75 Å². The summed E-state index contributed by atoms with van der Waals surface area (Å²) < 4.78 is 10.5. The quantitative estimate of drug-likeness (QED) is 0.727. The second-order valence-corrected chi connectivity index (χ2v) is 3.72. The van der Waals surface area contributed by atoms with Crippen LogP contribution in [0.1, 0.15) is 13.8 Å². The molecule has 0 aromatic heterocycles. The number of nitrogens with two attached hydrogens (primary N) is 1. The van der Waals surface area contributed by atoms with Crippen molar-refractivity contribution in [2.45, 2.75) is 19.9 Å². The molecule has 3 N–H and O–H groups in total. The molecule has 1 rings (SSSR count). The van der Waals surface area contributed by atoms with Gasteiger partial charge in [-0.25, -0.2) is 0 Å². The van der Waals surface area contributed by atoms with Crippen LogP contribution in [0.4, 0.5) is 11.4 Å². The van der Waals surface area contributed by atoms with E-state index in [2.05, 4.69) is 5.32 Å². The molecule has 1 unspecified atom stereocenters. The van der Waals surface area contributed by atoms with Crippen LogP contribution in [0.15, 0.2) is 18.2 Å². The number of nitrogens with one attached hydrogen (secondary N) is 1. The van der Waals surface area contributed by atoms with E-state index in [0.717, 1.165) is 11.4 Å². The fourth-order valence-electron chi connectivity index (χ4n) is 1.53. The van der Waals surface area contributed by atoms with Crippen LogP contribution in [0, 0.1) is 0 Å². The minimum absolute atomic E-state index is 0.237. The number of hydrogen-bond acceptors (Lipinski definition) is 4. The maximum atomic E-state index is 5.79. The Bertz CT molecular complexity index is 329. The monoisotopic (exact) mass is 224 g/mol. The third kappa shape index (κ3) is 3.98. The van der Waals surface area contributed by atoms with E-state index in [1.54, 1.807) is 7.11 Å². The number of hydrogen-bond donors (Lipinski definition) is 2. The summed E-state index contributed by atoms with van der Waals surface area (Å²) >= 11 is 0. The van der Waals surface area contributed by atoms with Crippen LogP contribution in [0.25, 0.3) is 0 Å². The van der Waals surface area contributed by atoms with Gasteiger partial charge in [-0.3, -0.25) is 0 Å². The first-order valence-corrected chi connectivity index (χ1v) is 5.44. The molecular formula is C12H20N2O2. The lowest BCUT2D eigenvalue weighted by molar-refractivity contribution is 0.190. The Labute approximate surface area is 96.7 Å². The van der Waals surface area contributed by atoms with E-state index in [9.17, 15) is 0 Å². The van der Waals surface area contributed by atoms with Crippen LogP contribution in [0.5, 0.6) is 5.75 Å². The summed E-state index contributed by atoms with van der Waals surface area (Å²) in [6.07, 6.45) is 0. The zero-order chi connectivity index (χ0) is 12.0. The van der Waals surface area contributed by atoms with E-state index >= 15 is 0 Å². The molecule has 0 amide bonds. The Balaban J connectivity index is 2.71. The average Bonchev–Trinajstić information content (AvgIpc) is 2.17. The molecule has 1 atom stereocenters. The highest BCUT2D eigenvalue weighted by atomic mass is 16.5. The van der Waals surface area contributed by atoms with E-state index in [-0.39, 0.29) is 6.04 Å². The fourth-order valence-corrected chi connectivity index (χ4v) is 1.53. The summed E-state index contributed by atoms with van der Waals surface area (Å²) in [5, 5.41) is 3.30. The maximum absolute atomic E-state index is 5.79. The smallest absolute Gasteiger partial charge is 0.123 e. The molecule has 0 fully saturated rings. The number of nitrogen functional groups attached to an aromatic ring is 1. The van der Waals surface area contributed by atoms with Crippen molar-refractivity contribution in [2.75, 3.05) is 31.4 Å². The lowest BCUT2D eigenvalue weighted by Crippen LogP contribution is -2.20. The van der Waals surface area contributed by atoms with Gasteiger partial charge < -0.3 is 20.5 Å². The molecule has 0 radical (unpaired) electrons. The molecule has 4 nitrogen and oxygen atoms in total. The molecule has 0 spiro atoms. The summed E-state index contributed by atoms with van der Waals surface area (Å²) in [5.41, 5.74) is 7.43. The predicted octanol–water partition coefficient (Wildman–Crippen LogP) is 2.11. The molecular weight excluding hydrogens is 204 g/mol. The molecule has 0 bridgehead atoms. The van der Waals surface area contributed by atoms with Gasteiger partial charge in [0.25, 0.3) is 0 Å². The molecule has 0 aliphatic rings. The van der Waals surface area contributed by atoms with Gasteiger partial charge in [0.05, 0.1) is 13.2 Å². The van der Waals surface area contributed by atoms with Gasteiger partial charge in [0.15, 0.2) is 0 Å². The van der Waals surface area contributed by atoms with E-state index in [0.29, 0.717) is 18.9 Å². The minimum atomic E-state index is 0.237. The summed E-state index contributed by atoms with van der Waals surface area (Å²) in [4.78, 5) is 0. The van der Waals surface area contributed by atoms with E-state index < -0.39 is 0 Å². The Hall–Kier alpha value is -1.42. The van der Waals surface area contributed by atoms with Crippen LogP contribution in [0.3, 0.4) is 0 Å². The van der Waals surface area contributed by atoms with Crippen molar-refractivity contribution in [2.24, 2.45) is 0 Å². The third-order valence-corrected chi connectivity index (χ3v) is 2.07. The molecule has 90 valence electrons. The van der Waals surface area contributed by atoms with Crippen molar-refractivity contribution in [3.63, 3.8) is 0 Å². The summed E-state index contributed by atoms with van der Waals surface area (Å²) in [5.74, 6) is 0.787. The standard InChI is InChI=1S/C12H20N2O2/c1-4-16-12-6-10(13)5-11(7-12)14-9(2)8-15-3/h5-7,9,14H,4,8,13H2,1-3H3. The lowest BCUT2D eigenvalue weighted by Gasteiger charge is -2.15. The van der Waals surface area contributed by atoms with Crippen molar-refractivity contribution in [1.82, 2.24) is 0 Å². The molecule has 0 aliphatic carbocycles. The SMILES string of the molecule is CCOc1cc(N)cc(NC(C)COC)c1.